The van der Waals surface area contributed by atoms with E-state index < -0.39 is 5.91 Å². The van der Waals surface area contributed by atoms with Crippen molar-refractivity contribution in [2.24, 2.45) is 0 Å². The zero-order chi connectivity index (χ0) is 24.4. The van der Waals surface area contributed by atoms with E-state index in [-0.39, 0.29) is 5.56 Å². The second-order valence-corrected chi connectivity index (χ2v) is 9.47. The Morgan fingerprint density at radius 1 is 1.17 bits per heavy atom. The molecule has 2 N–H and O–H groups in total. The second-order valence-electron chi connectivity index (χ2n) is 8.33. The predicted molar refractivity (Wildman–Crippen MR) is 134 cm³/mol. The van der Waals surface area contributed by atoms with Gasteiger partial charge in [0.2, 0.25) is 5.95 Å². The second kappa shape index (κ2) is 9.90. The summed E-state index contributed by atoms with van der Waals surface area (Å²) in [6.45, 7) is 5.55. The number of aromatic nitrogens is 4. The molecule has 35 heavy (non-hydrogen) atoms. The van der Waals surface area contributed by atoms with Crippen molar-refractivity contribution in [3.05, 3.63) is 58.7 Å². The zero-order valence-corrected chi connectivity index (χ0v) is 20.2. The molecule has 0 atom stereocenters. The normalized spacial score (nSPS) is 13.7. The molecule has 0 bridgehead atoms. The Balaban J connectivity index is 1.47. The van der Waals surface area contributed by atoms with Crippen LogP contribution in [-0.2, 0) is 11.3 Å². The van der Waals surface area contributed by atoms with Crippen LogP contribution in [0.15, 0.2) is 42.7 Å². The fourth-order valence-electron chi connectivity index (χ4n) is 3.87. The van der Waals surface area contributed by atoms with E-state index in [1.165, 1.54) is 18.0 Å². The topological polar surface area (TPSA) is 117 Å². The van der Waals surface area contributed by atoms with Gasteiger partial charge in [-0.1, -0.05) is 29.8 Å². The number of thiophene rings is 1. The molecule has 0 unspecified atom stereocenters. The summed E-state index contributed by atoms with van der Waals surface area (Å²) in [5.41, 5.74) is 4.84. The SMILES string of the molecule is Cc1ccc(-c2nc(N3CCOCC3)c3sc(CN(C)c4ncc(C(=O)NO)cn4)cc3n2)cc1. The standard InChI is InChI=1S/C24H25N7O3S/c1-15-3-5-16(6-4-15)21-27-19-11-18(35-20(19)22(28-21)31-7-9-34-10-8-31)14-30(2)24-25-12-17(13-26-24)23(32)29-33/h3-6,11-13,33H,7-10,14H2,1-2H3,(H,29,32). The third kappa shape index (κ3) is 4.92. The first kappa shape index (κ1) is 23.1. The fraction of sp³-hybridized carbons (Fsp3) is 0.292. The first-order valence-corrected chi connectivity index (χ1v) is 12.0. The summed E-state index contributed by atoms with van der Waals surface area (Å²) in [7, 11) is 1.89. The number of fused-ring (bicyclic) bond motifs is 1. The van der Waals surface area contributed by atoms with Gasteiger partial charge in [-0.25, -0.2) is 25.4 Å². The van der Waals surface area contributed by atoms with Gasteiger partial charge in [-0.2, -0.15) is 0 Å². The first-order chi connectivity index (χ1) is 17.0. The van der Waals surface area contributed by atoms with Crippen LogP contribution in [0, 0.1) is 6.92 Å². The molecule has 1 aliphatic heterocycles. The molecule has 1 aliphatic rings. The molecule has 1 amide bonds. The molecule has 4 heterocycles. The highest BCUT2D eigenvalue weighted by Crippen LogP contribution is 2.35. The van der Waals surface area contributed by atoms with Gasteiger partial charge in [0, 0.05) is 43.0 Å². The summed E-state index contributed by atoms with van der Waals surface area (Å²) in [6, 6.07) is 10.3. The molecule has 0 spiro atoms. The van der Waals surface area contributed by atoms with Crippen molar-refractivity contribution in [1.82, 2.24) is 25.4 Å². The molecule has 10 nitrogen and oxygen atoms in total. The molecular weight excluding hydrogens is 466 g/mol. The molecule has 0 saturated carbocycles. The molecule has 11 heteroatoms. The van der Waals surface area contributed by atoms with Gasteiger partial charge in [-0.15, -0.1) is 11.3 Å². The lowest BCUT2D eigenvalue weighted by Crippen LogP contribution is -2.36. The number of rotatable bonds is 6. The minimum Gasteiger partial charge on any atom is -0.378 e. The average molecular weight is 492 g/mol. The number of morpholine rings is 1. The molecule has 1 fully saturated rings. The summed E-state index contributed by atoms with van der Waals surface area (Å²) >= 11 is 1.66. The number of nitrogens with one attached hydrogen (secondary N) is 1. The molecule has 0 aliphatic carbocycles. The van der Waals surface area contributed by atoms with E-state index in [4.69, 9.17) is 19.9 Å². The number of hydrogen-bond acceptors (Lipinski definition) is 10. The van der Waals surface area contributed by atoms with E-state index in [2.05, 4.69) is 52.1 Å². The van der Waals surface area contributed by atoms with Crippen molar-refractivity contribution in [3.63, 3.8) is 0 Å². The lowest BCUT2D eigenvalue weighted by atomic mass is 10.1. The van der Waals surface area contributed by atoms with E-state index in [9.17, 15) is 4.79 Å². The Hall–Kier alpha value is -3.67. The zero-order valence-electron chi connectivity index (χ0n) is 19.4. The van der Waals surface area contributed by atoms with Gasteiger partial charge >= 0.3 is 0 Å². The fourth-order valence-corrected chi connectivity index (χ4v) is 5.03. The summed E-state index contributed by atoms with van der Waals surface area (Å²) in [5, 5.41) is 8.77. The predicted octanol–water partition coefficient (Wildman–Crippen LogP) is 3.05. The van der Waals surface area contributed by atoms with Gasteiger partial charge in [-0.3, -0.25) is 10.0 Å². The number of amides is 1. The number of ether oxygens (including phenoxy) is 1. The largest absolute Gasteiger partial charge is 0.378 e. The minimum absolute atomic E-state index is 0.181. The van der Waals surface area contributed by atoms with Crippen molar-refractivity contribution >= 4 is 39.2 Å². The highest BCUT2D eigenvalue weighted by atomic mass is 32.1. The number of carbonyl (C=O) groups is 1. The summed E-state index contributed by atoms with van der Waals surface area (Å²) in [6.07, 6.45) is 2.76. The van der Waals surface area contributed by atoms with Gasteiger partial charge in [0.25, 0.3) is 5.91 Å². The van der Waals surface area contributed by atoms with E-state index in [0.717, 1.165) is 39.6 Å². The monoisotopic (exact) mass is 491 g/mol. The minimum atomic E-state index is -0.651. The van der Waals surface area contributed by atoms with Crippen molar-refractivity contribution < 1.29 is 14.7 Å². The number of aryl methyl sites for hydroxylation is 1. The third-order valence-electron chi connectivity index (χ3n) is 5.76. The van der Waals surface area contributed by atoms with Crippen LogP contribution in [0.1, 0.15) is 20.8 Å². The molecule has 180 valence electrons. The van der Waals surface area contributed by atoms with E-state index in [0.29, 0.717) is 31.5 Å². The maximum atomic E-state index is 11.5. The number of benzene rings is 1. The van der Waals surface area contributed by atoms with Crippen LogP contribution in [0.2, 0.25) is 0 Å². The Bertz CT molecular complexity index is 1340. The van der Waals surface area contributed by atoms with Crippen LogP contribution in [0.5, 0.6) is 0 Å². The highest BCUT2D eigenvalue weighted by molar-refractivity contribution is 7.19. The third-order valence-corrected chi connectivity index (χ3v) is 6.87. The van der Waals surface area contributed by atoms with Crippen molar-refractivity contribution in [1.29, 1.82) is 0 Å². The summed E-state index contributed by atoms with van der Waals surface area (Å²) < 4.78 is 6.60. The molecule has 1 saturated heterocycles. The van der Waals surface area contributed by atoms with Crippen LogP contribution in [-0.4, -0.2) is 64.4 Å². The first-order valence-electron chi connectivity index (χ1n) is 11.2. The van der Waals surface area contributed by atoms with Gasteiger partial charge in [0.15, 0.2) is 11.6 Å². The molecule has 1 aromatic carbocycles. The molecule has 5 rings (SSSR count). The van der Waals surface area contributed by atoms with Crippen molar-refractivity contribution in [3.8, 4) is 11.4 Å². The van der Waals surface area contributed by atoms with E-state index in [1.54, 1.807) is 16.8 Å². The Kier molecular flexibility index (Phi) is 6.53. The molecule has 0 radical (unpaired) electrons. The summed E-state index contributed by atoms with van der Waals surface area (Å²) in [4.78, 5) is 35.1. The van der Waals surface area contributed by atoms with Crippen LogP contribution in [0.3, 0.4) is 0 Å². The lowest BCUT2D eigenvalue weighted by molar-refractivity contribution is 0.0705. The number of carbonyl (C=O) groups excluding carboxylic acids is 1. The number of anilines is 2. The van der Waals surface area contributed by atoms with Gasteiger partial charge < -0.3 is 14.5 Å². The maximum Gasteiger partial charge on any atom is 0.277 e. The molecular formula is C24H25N7O3S. The van der Waals surface area contributed by atoms with E-state index in [1.807, 2.05) is 11.9 Å². The van der Waals surface area contributed by atoms with Gasteiger partial charge in [0.05, 0.1) is 35.5 Å². The average Bonchev–Trinajstić information content (AvgIpc) is 3.31. The van der Waals surface area contributed by atoms with Crippen molar-refractivity contribution in [2.45, 2.75) is 13.5 Å². The van der Waals surface area contributed by atoms with Gasteiger partial charge in [-0.05, 0) is 13.0 Å². The lowest BCUT2D eigenvalue weighted by Gasteiger charge is -2.28. The van der Waals surface area contributed by atoms with Gasteiger partial charge in [0.1, 0.15) is 0 Å². The molecule has 4 aromatic rings. The smallest absolute Gasteiger partial charge is 0.277 e. The Morgan fingerprint density at radius 3 is 2.57 bits per heavy atom. The summed E-state index contributed by atoms with van der Waals surface area (Å²) in [5.74, 6) is 1.46. The van der Waals surface area contributed by atoms with Crippen LogP contribution < -0.4 is 15.3 Å². The van der Waals surface area contributed by atoms with Crippen LogP contribution in [0.25, 0.3) is 21.6 Å². The number of hydrogen-bond donors (Lipinski definition) is 2. The quantitative estimate of drug-likeness (QED) is 0.310. The van der Waals surface area contributed by atoms with Crippen LogP contribution >= 0.6 is 11.3 Å². The van der Waals surface area contributed by atoms with E-state index >= 15 is 0 Å². The Morgan fingerprint density at radius 2 is 1.89 bits per heavy atom. The number of nitrogens with zero attached hydrogens (tertiary/aromatic N) is 6. The van der Waals surface area contributed by atoms with Crippen LogP contribution in [0.4, 0.5) is 11.8 Å². The number of hydroxylamine groups is 1. The molecule has 3 aromatic heterocycles. The highest BCUT2D eigenvalue weighted by Gasteiger charge is 2.21. The Labute approximate surface area is 206 Å². The van der Waals surface area contributed by atoms with Crippen molar-refractivity contribution in [2.75, 3.05) is 43.2 Å². The maximum absolute atomic E-state index is 11.5.